The van der Waals surface area contributed by atoms with Crippen LogP contribution in [0.1, 0.15) is 9.67 Å². The maximum absolute atomic E-state index is 12.2. The lowest BCUT2D eigenvalue weighted by Gasteiger charge is -2.08. The fourth-order valence-electron chi connectivity index (χ4n) is 2.06. The van der Waals surface area contributed by atoms with Gasteiger partial charge in [-0.2, -0.15) is 0 Å². The van der Waals surface area contributed by atoms with Crippen molar-refractivity contribution in [2.24, 2.45) is 0 Å². The molecule has 5 nitrogen and oxygen atoms in total. The number of halogens is 2. The summed E-state index contributed by atoms with van der Waals surface area (Å²) in [7, 11) is 0. The molecule has 0 saturated carbocycles. The lowest BCUT2D eigenvalue weighted by Crippen LogP contribution is -2.43. The Labute approximate surface area is 151 Å². The van der Waals surface area contributed by atoms with E-state index in [1.54, 1.807) is 24.3 Å². The molecule has 24 heavy (non-hydrogen) atoms. The zero-order valence-corrected chi connectivity index (χ0v) is 14.4. The highest BCUT2D eigenvalue weighted by Crippen LogP contribution is 2.34. The topological polar surface area (TPSA) is 70.2 Å². The van der Waals surface area contributed by atoms with Gasteiger partial charge in [0.15, 0.2) is 0 Å². The Kier molecular flexibility index (Phi) is 4.89. The number of carbonyl (C=O) groups is 2. The summed E-state index contributed by atoms with van der Waals surface area (Å²) >= 11 is 13.3. The molecule has 0 aliphatic heterocycles. The first-order chi connectivity index (χ1) is 11.5. The average Bonchev–Trinajstić information content (AvgIpc) is 2.90. The van der Waals surface area contributed by atoms with Gasteiger partial charge in [-0.05, 0) is 24.3 Å². The lowest BCUT2D eigenvalue weighted by atomic mass is 10.2. The molecular weight excluding hydrogens is 369 g/mol. The van der Waals surface area contributed by atoms with Crippen LogP contribution in [0.4, 0.5) is 10.5 Å². The molecule has 3 amide bonds. The third-order valence-corrected chi connectivity index (χ3v) is 5.02. The first-order valence-corrected chi connectivity index (χ1v) is 8.42. The van der Waals surface area contributed by atoms with Crippen LogP contribution in [0.25, 0.3) is 10.1 Å². The number of hydrazine groups is 1. The first kappa shape index (κ1) is 16.6. The number of thiophene rings is 1. The molecule has 0 bridgehead atoms. The fraction of sp³-hybridized carbons (Fsp3) is 0. The largest absolute Gasteiger partial charge is 0.337 e. The van der Waals surface area contributed by atoms with Gasteiger partial charge in [0.05, 0.1) is 5.02 Å². The van der Waals surface area contributed by atoms with Gasteiger partial charge in [0.1, 0.15) is 4.88 Å². The standard InChI is InChI=1S/C16H11Cl2N3O2S/c17-9-4-3-5-10(8-9)19-16(23)21-20-15(22)14-13(18)11-6-1-2-7-12(11)24-14/h1-8H,(H,20,22)(H2,19,21,23). The third-order valence-electron chi connectivity index (χ3n) is 3.11. The van der Waals surface area contributed by atoms with Gasteiger partial charge < -0.3 is 5.32 Å². The van der Waals surface area contributed by atoms with Gasteiger partial charge in [-0.15, -0.1) is 11.3 Å². The zero-order chi connectivity index (χ0) is 17.1. The molecular formula is C16H11Cl2N3O2S. The molecule has 3 N–H and O–H groups in total. The Bertz CT molecular complexity index is 927. The number of hydrogen-bond acceptors (Lipinski definition) is 3. The van der Waals surface area contributed by atoms with E-state index < -0.39 is 11.9 Å². The Balaban J connectivity index is 1.64. The van der Waals surface area contributed by atoms with Gasteiger partial charge >= 0.3 is 6.03 Å². The van der Waals surface area contributed by atoms with Crippen molar-refractivity contribution in [3.8, 4) is 0 Å². The van der Waals surface area contributed by atoms with Gasteiger partial charge in [-0.25, -0.2) is 10.2 Å². The van der Waals surface area contributed by atoms with E-state index >= 15 is 0 Å². The number of nitrogens with one attached hydrogen (secondary N) is 3. The summed E-state index contributed by atoms with van der Waals surface area (Å²) in [6.45, 7) is 0. The molecule has 0 saturated heterocycles. The molecule has 2 aromatic carbocycles. The Morgan fingerprint density at radius 2 is 1.75 bits per heavy atom. The predicted octanol–water partition coefficient (Wildman–Crippen LogP) is 4.67. The maximum atomic E-state index is 12.2. The zero-order valence-electron chi connectivity index (χ0n) is 12.1. The van der Waals surface area contributed by atoms with Crippen LogP contribution in [-0.2, 0) is 0 Å². The average molecular weight is 380 g/mol. The Hall–Kier alpha value is -2.28. The number of benzene rings is 2. The van der Waals surface area contributed by atoms with Crippen molar-refractivity contribution in [2.45, 2.75) is 0 Å². The Morgan fingerprint density at radius 1 is 0.958 bits per heavy atom. The van der Waals surface area contributed by atoms with Crippen molar-refractivity contribution in [1.29, 1.82) is 0 Å². The van der Waals surface area contributed by atoms with Crippen LogP contribution in [0, 0.1) is 0 Å². The van der Waals surface area contributed by atoms with Crippen LogP contribution < -0.4 is 16.2 Å². The van der Waals surface area contributed by atoms with Crippen molar-refractivity contribution < 1.29 is 9.59 Å². The first-order valence-electron chi connectivity index (χ1n) is 6.84. The van der Waals surface area contributed by atoms with Crippen LogP contribution in [-0.4, -0.2) is 11.9 Å². The van der Waals surface area contributed by atoms with Crippen LogP contribution >= 0.6 is 34.5 Å². The molecule has 3 aromatic rings. The van der Waals surface area contributed by atoms with E-state index in [9.17, 15) is 9.59 Å². The number of urea groups is 1. The molecule has 0 radical (unpaired) electrons. The van der Waals surface area contributed by atoms with Crippen LogP contribution in [0.15, 0.2) is 48.5 Å². The second-order valence-electron chi connectivity index (χ2n) is 4.78. The summed E-state index contributed by atoms with van der Waals surface area (Å²) in [5.41, 5.74) is 5.11. The summed E-state index contributed by atoms with van der Waals surface area (Å²) in [4.78, 5) is 24.3. The van der Waals surface area contributed by atoms with Crippen molar-refractivity contribution in [3.63, 3.8) is 0 Å². The molecule has 3 rings (SSSR count). The predicted molar refractivity (Wildman–Crippen MR) is 97.9 cm³/mol. The molecule has 1 heterocycles. The van der Waals surface area contributed by atoms with E-state index in [1.165, 1.54) is 11.3 Å². The molecule has 0 atom stereocenters. The molecule has 0 aliphatic carbocycles. The van der Waals surface area contributed by atoms with E-state index in [0.29, 0.717) is 20.6 Å². The molecule has 1 aromatic heterocycles. The number of anilines is 1. The molecule has 0 unspecified atom stereocenters. The summed E-state index contributed by atoms with van der Waals surface area (Å²) < 4.78 is 0.899. The second-order valence-corrected chi connectivity index (χ2v) is 6.65. The van der Waals surface area contributed by atoms with Crippen LogP contribution in [0.5, 0.6) is 0 Å². The smallest absolute Gasteiger partial charge is 0.307 e. The second kappa shape index (κ2) is 7.09. The van der Waals surface area contributed by atoms with Gasteiger partial charge in [-0.3, -0.25) is 10.2 Å². The highest BCUT2D eigenvalue weighted by Gasteiger charge is 2.17. The van der Waals surface area contributed by atoms with Crippen molar-refractivity contribution >= 4 is 62.3 Å². The number of fused-ring (bicyclic) bond motifs is 1. The number of amides is 3. The number of hydrogen-bond donors (Lipinski definition) is 3. The normalized spacial score (nSPS) is 10.4. The molecule has 0 fully saturated rings. The number of rotatable bonds is 2. The third kappa shape index (κ3) is 3.62. The SMILES string of the molecule is O=C(NNC(=O)c1sc2ccccc2c1Cl)Nc1cccc(Cl)c1. The van der Waals surface area contributed by atoms with Gasteiger partial charge in [0.2, 0.25) is 0 Å². The van der Waals surface area contributed by atoms with E-state index in [2.05, 4.69) is 16.2 Å². The van der Waals surface area contributed by atoms with Crippen LogP contribution in [0.3, 0.4) is 0 Å². The molecule has 0 aliphatic rings. The minimum atomic E-state index is -0.595. The summed E-state index contributed by atoms with van der Waals surface area (Å²) in [6, 6.07) is 13.5. The monoisotopic (exact) mass is 379 g/mol. The summed E-state index contributed by atoms with van der Waals surface area (Å²) in [5, 5.41) is 4.22. The van der Waals surface area contributed by atoms with Crippen molar-refractivity contribution in [1.82, 2.24) is 10.9 Å². The summed E-state index contributed by atoms with van der Waals surface area (Å²) in [6.07, 6.45) is 0. The molecule has 122 valence electrons. The van der Waals surface area contributed by atoms with Gasteiger partial charge in [0, 0.05) is 20.8 Å². The Morgan fingerprint density at radius 3 is 2.50 bits per heavy atom. The van der Waals surface area contributed by atoms with E-state index in [-0.39, 0.29) is 0 Å². The highest BCUT2D eigenvalue weighted by molar-refractivity contribution is 7.21. The quantitative estimate of drug-likeness (QED) is 0.566. The highest BCUT2D eigenvalue weighted by atomic mass is 35.5. The van der Waals surface area contributed by atoms with E-state index in [0.717, 1.165) is 10.1 Å². The minimum Gasteiger partial charge on any atom is -0.307 e. The van der Waals surface area contributed by atoms with E-state index in [4.69, 9.17) is 23.2 Å². The van der Waals surface area contributed by atoms with Crippen molar-refractivity contribution in [3.05, 3.63) is 63.5 Å². The summed E-state index contributed by atoms with van der Waals surface area (Å²) in [5.74, 6) is -0.484. The fourth-order valence-corrected chi connectivity index (χ4v) is 3.66. The van der Waals surface area contributed by atoms with E-state index in [1.807, 2.05) is 24.3 Å². The molecule has 8 heteroatoms. The maximum Gasteiger partial charge on any atom is 0.337 e. The number of carbonyl (C=O) groups excluding carboxylic acids is 2. The van der Waals surface area contributed by atoms with Gasteiger partial charge in [0.25, 0.3) is 5.91 Å². The lowest BCUT2D eigenvalue weighted by molar-refractivity contribution is 0.0942. The van der Waals surface area contributed by atoms with Crippen LogP contribution in [0.2, 0.25) is 10.0 Å². The van der Waals surface area contributed by atoms with Gasteiger partial charge in [-0.1, -0.05) is 47.5 Å². The molecule has 0 spiro atoms. The minimum absolute atomic E-state index is 0.334. The van der Waals surface area contributed by atoms with Crippen molar-refractivity contribution in [2.75, 3.05) is 5.32 Å².